The first-order valence-corrected chi connectivity index (χ1v) is 14.1. The third-order valence-electron chi connectivity index (χ3n) is 4.93. The van der Waals surface area contributed by atoms with Crippen LogP contribution >= 0.6 is 20.2 Å². The van der Waals surface area contributed by atoms with Gasteiger partial charge in [0.25, 0.3) is 0 Å². The normalized spacial score (nSPS) is 12.4. The Kier molecular flexibility index (Phi) is 5.29. The maximum atomic E-state index is 13.2. The van der Waals surface area contributed by atoms with Crippen LogP contribution in [0, 0.1) is 14.1 Å². The molecule has 1 heterocycles. The molecule has 5 aromatic rings. The number of para-hydroxylation sites is 2. The Morgan fingerprint density at radius 1 is 0.742 bits per heavy atom. The molecular weight excluding hydrogens is 523 g/mol. The Balaban J connectivity index is 1.68. The quantitative estimate of drug-likeness (QED) is 0.230. The van der Waals surface area contributed by atoms with E-state index >= 15 is 0 Å². The monoisotopic (exact) mass is 542 g/mol. The van der Waals surface area contributed by atoms with E-state index in [4.69, 9.17) is 6.93 Å². The second kappa shape index (κ2) is 8.11. The summed E-state index contributed by atoms with van der Waals surface area (Å²) >= 11 is -2.88. The van der Waals surface area contributed by atoms with Crippen molar-refractivity contribution in [3.05, 3.63) is 110 Å². The third kappa shape index (κ3) is 3.86. The van der Waals surface area contributed by atoms with Crippen molar-refractivity contribution in [3.63, 3.8) is 0 Å². The Hall–Kier alpha value is -2.68. The number of aryl methyl sites for hydroxylation is 1. The molecule has 0 bridgehead atoms. The van der Waals surface area contributed by atoms with Crippen LogP contribution in [-0.2, 0) is 12.6 Å². The molecule has 0 N–H and O–H groups in total. The van der Waals surface area contributed by atoms with Gasteiger partial charge in [-0.3, -0.25) is 0 Å². The van der Waals surface area contributed by atoms with E-state index < -0.39 is 30.4 Å². The summed E-state index contributed by atoms with van der Waals surface area (Å²) in [6.07, 6.45) is 0. The zero-order chi connectivity index (χ0) is 21.4. The van der Waals surface area contributed by atoms with Crippen molar-refractivity contribution in [2.24, 2.45) is 0 Å². The minimum absolute atomic E-state index is 0.160. The first kappa shape index (κ1) is 20.2. The fraction of sp³-hybridized carbons (Fsp3) is 0.0400. The van der Waals surface area contributed by atoms with Gasteiger partial charge in [-0.15, -0.1) is 0 Å². The van der Waals surface area contributed by atoms with Gasteiger partial charge in [0, 0.05) is 0 Å². The molecule has 0 saturated heterocycles. The van der Waals surface area contributed by atoms with Crippen LogP contribution < -0.4 is 0 Å². The first-order valence-electron chi connectivity index (χ1n) is 9.70. The SMILES string of the molecule is Cc1ccc(S(=O)(=O)OI(c2ccccc2)c2cccc3c2oc2ccccc23)cc1. The topological polar surface area (TPSA) is 56.5 Å². The Morgan fingerprint density at radius 3 is 2.19 bits per heavy atom. The molecular formula is C25H19IO4S. The van der Waals surface area contributed by atoms with Crippen molar-refractivity contribution >= 4 is 52.3 Å². The van der Waals surface area contributed by atoms with Gasteiger partial charge in [-0.1, -0.05) is 0 Å². The van der Waals surface area contributed by atoms with Crippen molar-refractivity contribution in [2.45, 2.75) is 11.8 Å². The van der Waals surface area contributed by atoms with Gasteiger partial charge in [0.15, 0.2) is 0 Å². The molecule has 0 aliphatic rings. The average molecular weight is 542 g/mol. The summed E-state index contributed by atoms with van der Waals surface area (Å²) in [5.41, 5.74) is 2.46. The van der Waals surface area contributed by atoms with Crippen LogP contribution in [0.25, 0.3) is 21.9 Å². The molecule has 0 atom stereocenters. The number of hydrogen-bond donors (Lipinski definition) is 0. The van der Waals surface area contributed by atoms with Crippen molar-refractivity contribution in [3.8, 4) is 0 Å². The van der Waals surface area contributed by atoms with Gasteiger partial charge in [0.1, 0.15) is 0 Å². The molecule has 0 aliphatic carbocycles. The second-order valence-corrected chi connectivity index (χ2v) is 13.5. The number of halogens is 1. The molecule has 156 valence electrons. The summed E-state index contributed by atoms with van der Waals surface area (Å²) in [7, 11) is -3.94. The van der Waals surface area contributed by atoms with Gasteiger partial charge >= 0.3 is 189 Å². The maximum absolute atomic E-state index is 13.2. The van der Waals surface area contributed by atoms with Gasteiger partial charge < -0.3 is 0 Å². The number of benzene rings is 4. The predicted octanol–water partition coefficient (Wildman–Crippen LogP) is 6.76. The van der Waals surface area contributed by atoms with E-state index in [0.717, 1.165) is 29.1 Å². The number of hydrogen-bond acceptors (Lipinski definition) is 4. The van der Waals surface area contributed by atoms with Crippen LogP contribution in [0.4, 0.5) is 0 Å². The van der Waals surface area contributed by atoms with Crippen molar-refractivity contribution in [2.75, 3.05) is 0 Å². The zero-order valence-corrected chi connectivity index (χ0v) is 19.6. The van der Waals surface area contributed by atoms with Crippen molar-refractivity contribution in [1.29, 1.82) is 0 Å². The molecule has 0 radical (unpaired) electrons. The molecule has 4 aromatic carbocycles. The molecule has 31 heavy (non-hydrogen) atoms. The van der Waals surface area contributed by atoms with E-state index in [1.54, 1.807) is 24.3 Å². The fourth-order valence-electron chi connectivity index (χ4n) is 3.39. The van der Waals surface area contributed by atoms with E-state index in [0.29, 0.717) is 5.58 Å². The number of furan rings is 1. The Morgan fingerprint density at radius 2 is 1.42 bits per heavy atom. The Labute approximate surface area is 188 Å². The molecule has 1 aromatic heterocycles. The number of rotatable bonds is 5. The standard InChI is InChI=1S/C25H19IO4S/c1-18-14-16-20(17-15-18)31(27,28)30-26(19-8-3-2-4-9-19)23-12-7-11-22-21-10-5-6-13-24(21)29-25(22)23/h2-17H,1H3. The molecule has 6 heteroatoms. The summed E-state index contributed by atoms with van der Waals surface area (Å²) in [6.45, 7) is 1.92. The molecule has 0 unspecified atom stereocenters. The zero-order valence-electron chi connectivity index (χ0n) is 16.7. The van der Waals surface area contributed by atoms with E-state index in [1.165, 1.54) is 0 Å². The van der Waals surface area contributed by atoms with E-state index in [2.05, 4.69) is 0 Å². The van der Waals surface area contributed by atoms with Crippen LogP contribution in [-0.4, -0.2) is 8.42 Å². The minimum atomic E-state index is -3.94. The third-order valence-corrected chi connectivity index (χ3v) is 12.3. The van der Waals surface area contributed by atoms with Gasteiger partial charge in [0.2, 0.25) is 0 Å². The van der Waals surface area contributed by atoms with Gasteiger partial charge in [0.05, 0.1) is 0 Å². The summed E-state index contributed by atoms with van der Waals surface area (Å²) in [6, 6.07) is 30.0. The van der Waals surface area contributed by atoms with Crippen LogP contribution in [0.15, 0.2) is 106 Å². The molecule has 0 spiro atoms. The summed E-state index contributed by atoms with van der Waals surface area (Å²) in [4.78, 5) is 0.160. The van der Waals surface area contributed by atoms with Crippen LogP contribution in [0.1, 0.15) is 5.56 Å². The average Bonchev–Trinajstić information content (AvgIpc) is 3.17. The van der Waals surface area contributed by atoms with E-state index in [9.17, 15) is 8.42 Å². The molecule has 5 rings (SSSR count). The molecule has 4 nitrogen and oxygen atoms in total. The summed E-state index contributed by atoms with van der Waals surface area (Å²) < 4.78 is 40.3. The Bertz CT molecular complexity index is 1470. The van der Waals surface area contributed by atoms with Gasteiger partial charge in [-0.2, -0.15) is 0 Å². The van der Waals surface area contributed by atoms with Crippen LogP contribution in [0.2, 0.25) is 0 Å². The molecule has 0 saturated carbocycles. The molecule has 0 fully saturated rings. The van der Waals surface area contributed by atoms with Crippen molar-refractivity contribution in [1.82, 2.24) is 0 Å². The molecule has 0 aliphatic heterocycles. The molecule has 0 amide bonds. The predicted molar refractivity (Wildman–Crippen MR) is 131 cm³/mol. The van der Waals surface area contributed by atoms with E-state index in [-0.39, 0.29) is 4.90 Å². The fourth-order valence-corrected chi connectivity index (χ4v) is 10.6. The summed E-state index contributed by atoms with van der Waals surface area (Å²) in [5, 5.41) is 1.97. The van der Waals surface area contributed by atoms with E-state index in [1.807, 2.05) is 79.7 Å². The van der Waals surface area contributed by atoms with Gasteiger partial charge in [-0.05, 0) is 0 Å². The van der Waals surface area contributed by atoms with Gasteiger partial charge in [-0.25, -0.2) is 0 Å². The van der Waals surface area contributed by atoms with Crippen molar-refractivity contribution < 1.29 is 15.3 Å². The summed E-state index contributed by atoms with van der Waals surface area (Å²) in [5.74, 6) is 0. The van der Waals surface area contributed by atoms with Crippen LogP contribution in [0.3, 0.4) is 0 Å². The second-order valence-electron chi connectivity index (χ2n) is 7.09. The number of fused-ring (bicyclic) bond motifs is 3. The van der Waals surface area contributed by atoms with Crippen LogP contribution in [0.5, 0.6) is 0 Å². The first-order chi connectivity index (χ1) is 15.0.